The molecule has 0 radical (unpaired) electrons. The van der Waals surface area contributed by atoms with Crippen molar-refractivity contribution in [2.45, 2.75) is 51.0 Å². The molecule has 0 spiro atoms. The van der Waals surface area contributed by atoms with E-state index in [2.05, 4.69) is 0 Å². The van der Waals surface area contributed by atoms with E-state index in [-0.39, 0.29) is 24.9 Å². The van der Waals surface area contributed by atoms with E-state index in [1.54, 1.807) is 61.7 Å². The second-order valence-corrected chi connectivity index (χ2v) is 12.2. The monoisotopic (exact) mass is 609 g/mol. The summed E-state index contributed by atoms with van der Waals surface area (Å²) in [5.41, 5.74) is 1.96. The maximum atomic E-state index is 13.9. The zero-order valence-corrected chi connectivity index (χ0v) is 26.3. The number of carbonyl (C=O) groups is 3. The van der Waals surface area contributed by atoms with E-state index in [9.17, 15) is 14.4 Å². The first kappa shape index (κ1) is 31.4. The van der Waals surface area contributed by atoms with E-state index in [1.165, 1.54) is 0 Å². The van der Waals surface area contributed by atoms with E-state index in [4.69, 9.17) is 25.8 Å². The lowest BCUT2D eigenvalue weighted by Gasteiger charge is -2.27. The average molecular weight is 610 g/mol. The van der Waals surface area contributed by atoms with Crippen LogP contribution in [0.25, 0.3) is 0 Å². The number of carbonyl (C=O) groups excluding carboxylic acids is 3. The highest BCUT2D eigenvalue weighted by molar-refractivity contribution is 7.98. The minimum Gasteiger partial charge on any atom is -0.476 e. The van der Waals surface area contributed by atoms with Crippen molar-refractivity contribution in [1.29, 1.82) is 0 Å². The number of likely N-dealkylation sites (tertiary alicyclic amines) is 1. The van der Waals surface area contributed by atoms with Gasteiger partial charge in [-0.3, -0.25) is 4.79 Å². The van der Waals surface area contributed by atoms with Gasteiger partial charge < -0.3 is 19.1 Å². The van der Waals surface area contributed by atoms with Crippen LogP contribution in [0.5, 0.6) is 11.5 Å². The minimum atomic E-state index is -1.18. The molecule has 0 aliphatic carbocycles. The normalized spacial score (nSPS) is 16.7. The van der Waals surface area contributed by atoms with Crippen molar-refractivity contribution in [2.24, 2.45) is 5.92 Å². The van der Waals surface area contributed by atoms with Gasteiger partial charge >= 0.3 is 12.1 Å². The third-order valence-corrected chi connectivity index (χ3v) is 8.30. The Balaban J connectivity index is 1.65. The molecule has 7 nitrogen and oxygen atoms in total. The maximum absolute atomic E-state index is 13.9. The van der Waals surface area contributed by atoms with Crippen molar-refractivity contribution in [3.8, 4) is 11.5 Å². The first-order valence-electron chi connectivity index (χ1n) is 13.8. The predicted molar refractivity (Wildman–Crippen MR) is 165 cm³/mol. The number of nitrogens with zero attached hydrogens (tertiary/aromatic N) is 1. The molecule has 1 heterocycles. The van der Waals surface area contributed by atoms with Gasteiger partial charge in [-0.1, -0.05) is 41.9 Å². The number of amides is 1. The summed E-state index contributed by atoms with van der Waals surface area (Å²) in [7, 11) is 0. The molecule has 1 amide bonds. The van der Waals surface area contributed by atoms with Gasteiger partial charge in [0.2, 0.25) is 0 Å². The lowest BCUT2D eigenvalue weighted by Crippen LogP contribution is -2.40. The van der Waals surface area contributed by atoms with E-state index in [0.717, 1.165) is 21.6 Å². The molecule has 0 aromatic heterocycles. The van der Waals surface area contributed by atoms with Gasteiger partial charge in [0, 0.05) is 40.4 Å². The molecule has 42 heavy (non-hydrogen) atoms. The molecular weight excluding hydrogens is 574 g/mol. The van der Waals surface area contributed by atoms with Crippen molar-refractivity contribution in [1.82, 2.24) is 4.90 Å². The molecule has 9 heteroatoms. The number of rotatable bonds is 9. The Morgan fingerprint density at radius 3 is 2.26 bits per heavy atom. The van der Waals surface area contributed by atoms with Crippen molar-refractivity contribution in [2.75, 3.05) is 26.0 Å². The van der Waals surface area contributed by atoms with Gasteiger partial charge in [0.25, 0.3) is 0 Å². The molecule has 3 aromatic carbocycles. The van der Waals surface area contributed by atoms with Crippen molar-refractivity contribution in [3.63, 3.8) is 0 Å². The van der Waals surface area contributed by atoms with Crippen LogP contribution < -0.4 is 9.47 Å². The number of hydrogen-bond donors (Lipinski definition) is 0. The fourth-order valence-electron chi connectivity index (χ4n) is 5.18. The van der Waals surface area contributed by atoms with Gasteiger partial charge in [0.15, 0.2) is 11.4 Å². The van der Waals surface area contributed by atoms with Crippen LogP contribution in [0.15, 0.2) is 65.6 Å². The largest absolute Gasteiger partial charge is 0.476 e. The molecular formula is C33H36ClNO6S. The second-order valence-electron chi connectivity index (χ2n) is 10.9. The van der Waals surface area contributed by atoms with Gasteiger partial charge in [-0.2, -0.15) is 0 Å². The van der Waals surface area contributed by atoms with Crippen molar-refractivity contribution in [3.05, 3.63) is 87.9 Å². The summed E-state index contributed by atoms with van der Waals surface area (Å²) in [6, 6.07) is 18.1. The molecule has 4 rings (SSSR count). The molecule has 1 unspecified atom stereocenters. The van der Waals surface area contributed by atoms with Gasteiger partial charge in [-0.15, -0.1) is 11.8 Å². The number of aryl methyl sites for hydroxylation is 2. The Kier molecular flexibility index (Phi) is 9.89. The number of ketones is 1. The highest BCUT2D eigenvalue weighted by atomic mass is 35.5. The molecule has 1 saturated heterocycles. The van der Waals surface area contributed by atoms with Crippen LogP contribution in [0.3, 0.4) is 0 Å². The number of Topliss-reactive ketones (excluding diaryl/α,β-unsaturated/α-hetero) is 1. The highest BCUT2D eigenvalue weighted by Gasteiger charge is 2.42. The molecule has 222 valence electrons. The summed E-state index contributed by atoms with van der Waals surface area (Å²) < 4.78 is 17.0. The molecule has 1 fully saturated rings. The van der Waals surface area contributed by atoms with Crippen molar-refractivity contribution < 1.29 is 28.6 Å². The van der Waals surface area contributed by atoms with Gasteiger partial charge in [-0.05, 0) is 87.9 Å². The first-order valence-corrected chi connectivity index (χ1v) is 15.4. The maximum Gasteiger partial charge on any atom is 0.415 e. The number of thioether (sulfide) groups is 1. The van der Waals surface area contributed by atoms with E-state index >= 15 is 0 Å². The number of ether oxygens (including phenoxy) is 3. The number of halogens is 1. The third kappa shape index (κ3) is 7.10. The lowest BCUT2D eigenvalue weighted by atomic mass is 9.82. The quantitative estimate of drug-likeness (QED) is 0.141. The Morgan fingerprint density at radius 1 is 1.00 bits per heavy atom. The Hall–Kier alpha value is -3.49. The topological polar surface area (TPSA) is 82.1 Å². The van der Waals surface area contributed by atoms with Crippen LogP contribution in [0, 0.1) is 19.8 Å². The van der Waals surface area contributed by atoms with Gasteiger partial charge in [0.05, 0.1) is 6.61 Å². The standard InChI is InChI=1S/C33H36ClNO6S/c1-7-39-31(37)33(4,5)41-30-20(2)15-23(16-21(30)3)27-18-35(32(38)40-25-10-8-9-24(34)17-25)19-28(27)29(36)22-11-13-26(42-6)14-12-22/h8-17,27-28H,7,18-19H2,1-6H3/t27-,28?/m1/s1. The molecule has 0 bridgehead atoms. The fraction of sp³-hybridized carbons (Fsp3) is 0.364. The zero-order valence-electron chi connectivity index (χ0n) is 24.7. The van der Waals surface area contributed by atoms with E-state index < -0.39 is 23.6 Å². The number of hydrogen-bond acceptors (Lipinski definition) is 7. The SMILES string of the molecule is CCOC(=O)C(C)(C)Oc1c(C)cc([C@H]2CN(C(=O)Oc3cccc(Cl)c3)CC2C(=O)c2ccc(SC)cc2)cc1C. The predicted octanol–water partition coefficient (Wildman–Crippen LogP) is 7.50. The molecule has 3 aromatic rings. The summed E-state index contributed by atoms with van der Waals surface area (Å²) >= 11 is 7.68. The lowest BCUT2D eigenvalue weighted by molar-refractivity contribution is -0.158. The van der Waals surface area contributed by atoms with Crippen LogP contribution in [-0.2, 0) is 9.53 Å². The number of esters is 1. The Labute approximate surface area is 256 Å². The van der Waals surface area contributed by atoms with E-state index in [1.807, 2.05) is 56.5 Å². The average Bonchev–Trinajstić information content (AvgIpc) is 3.40. The smallest absolute Gasteiger partial charge is 0.415 e. The van der Waals surface area contributed by atoms with Crippen LogP contribution in [0.4, 0.5) is 4.79 Å². The first-order chi connectivity index (χ1) is 19.9. The second kappa shape index (κ2) is 13.2. The molecule has 2 atom stereocenters. The summed E-state index contributed by atoms with van der Waals surface area (Å²) in [4.78, 5) is 42.2. The van der Waals surface area contributed by atoms with Crippen LogP contribution in [0.2, 0.25) is 5.02 Å². The van der Waals surface area contributed by atoms with Crippen LogP contribution in [0.1, 0.15) is 53.7 Å². The Morgan fingerprint density at radius 2 is 1.67 bits per heavy atom. The zero-order chi connectivity index (χ0) is 30.6. The Bertz CT molecular complexity index is 1450. The molecule has 1 aliphatic heterocycles. The summed E-state index contributed by atoms with van der Waals surface area (Å²) in [5, 5.41) is 0.459. The van der Waals surface area contributed by atoms with Gasteiger partial charge in [-0.25, -0.2) is 9.59 Å². The number of benzene rings is 3. The molecule has 0 saturated carbocycles. The molecule has 0 N–H and O–H groups in total. The summed E-state index contributed by atoms with van der Waals surface area (Å²) in [5.74, 6) is -0.334. The third-order valence-electron chi connectivity index (χ3n) is 7.33. The summed E-state index contributed by atoms with van der Waals surface area (Å²) in [6.45, 7) is 9.69. The highest BCUT2D eigenvalue weighted by Crippen LogP contribution is 2.39. The molecule has 1 aliphatic rings. The minimum absolute atomic E-state index is 0.0372. The van der Waals surface area contributed by atoms with Crippen molar-refractivity contribution >= 4 is 41.2 Å². The van der Waals surface area contributed by atoms with Gasteiger partial charge in [0.1, 0.15) is 11.5 Å². The fourth-order valence-corrected chi connectivity index (χ4v) is 5.77. The van der Waals surface area contributed by atoms with Crippen LogP contribution >= 0.6 is 23.4 Å². The van der Waals surface area contributed by atoms with Crippen LogP contribution in [-0.4, -0.2) is 54.3 Å². The van der Waals surface area contributed by atoms with E-state index in [0.29, 0.717) is 28.6 Å². The summed E-state index contributed by atoms with van der Waals surface area (Å²) in [6.07, 6.45) is 1.44.